The first kappa shape index (κ1) is 14.4. The second-order valence-electron chi connectivity index (χ2n) is 5.35. The Morgan fingerprint density at radius 3 is 2.89 bits per heavy atom. The summed E-state index contributed by atoms with van der Waals surface area (Å²) in [5, 5.41) is 0.745. The van der Waals surface area contributed by atoms with Crippen LogP contribution in [0.15, 0.2) is 24.3 Å². The molecule has 0 bridgehead atoms. The molecule has 2 rings (SSSR count). The fourth-order valence-electron chi connectivity index (χ4n) is 2.69. The lowest BCUT2D eigenvalue weighted by molar-refractivity contribution is 0.0600. The lowest BCUT2D eigenvalue weighted by atomic mass is 9.91. The molecule has 0 radical (unpaired) electrons. The van der Waals surface area contributed by atoms with Crippen molar-refractivity contribution in [1.29, 1.82) is 0 Å². The number of methoxy groups -OCH3 is 1. The van der Waals surface area contributed by atoms with Crippen molar-refractivity contribution >= 4 is 17.7 Å². The topological polar surface area (TPSA) is 26.3 Å². The maximum Gasteiger partial charge on any atom is 0.338 e. The van der Waals surface area contributed by atoms with Crippen LogP contribution in [0, 0.1) is 5.92 Å². The van der Waals surface area contributed by atoms with Crippen molar-refractivity contribution in [2.24, 2.45) is 5.92 Å². The number of rotatable bonds is 4. The first-order chi connectivity index (χ1) is 9.20. The Bertz CT molecular complexity index is 431. The molecule has 1 fully saturated rings. The van der Waals surface area contributed by atoms with Crippen molar-refractivity contribution in [1.82, 2.24) is 0 Å². The van der Waals surface area contributed by atoms with Crippen LogP contribution >= 0.6 is 11.8 Å². The zero-order valence-electron chi connectivity index (χ0n) is 11.7. The lowest BCUT2D eigenvalue weighted by Gasteiger charge is -2.26. The van der Waals surface area contributed by atoms with Gasteiger partial charge in [-0.3, -0.25) is 0 Å². The van der Waals surface area contributed by atoms with E-state index < -0.39 is 0 Å². The molecule has 0 N–H and O–H groups in total. The Morgan fingerprint density at radius 1 is 1.37 bits per heavy atom. The summed E-state index contributed by atoms with van der Waals surface area (Å²) >= 11 is 1.99. The molecular weight excluding hydrogens is 256 g/mol. The van der Waals surface area contributed by atoms with E-state index in [1.807, 2.05) is 36.0 Å². The van der Waals surface area contributed by atoms with E-state index in [9.17, 15) is 4.79 Å². The third-order valence-corrected chi connectivity index (χ3v) is 5.16. The zero-order valence-corrected chi connectivity index (χ0v) is 12.5. The van der Waals surface area contributed by atoms with Crippen LogP contribution in [0.25, 0.3) is 0 Å². The molecule has 19 heavy (non-hydrogen) atoms. The van der Waals surface area contributed by atoms with E-state index in [1.165, 1.54) is 32.8 Å². The monoisotopic (exact) mass is 278 g/mol. The molecule has 2 nitrogen and oxygen atoms in total. The summed E-state index contributed by atoms with van der Waals surface area (Å²) in [5.41, 5.74) is 1.80. The maximum absolute atomic E-state index is 11.7. The van der Waals surface area contributed by atoms with Crippen molar-refractivity contribution in [2.75, 3.05) is 7.11 Å². The number of hydrogen-bond donors (Lipinski definition) is 0. The molecule has 0 spiro atoms. The maximum atomic E-state index is 11.7. The third kappa shape index (κ3) is 4.00. The van der Waals surface area contributed by atoms with Gasteiger partial charge in [0.2, 0.25) is 0 Å². The minimum Gasteiger partial charge on any atom is -0.465 e. The molecule has 2 atom stereocenters. The summed E-state index contributed by atoms with van der Waals surface area (Å²) in [4.78, 5) is 11.7. The van der Waals surface area contributed by atoms with E-state index >= 15 is 0 Å². The number of ether oxygens (including phenoxy) is 1. The van der Waals surface area contributed by atoms with E-state index in [4.69, 9.17) is 4.74 Å². The van der Waals surface area contributed by atoms with Crippen molar-refractivity contribution in [3.05, 3.63) is 35.4 Å². The number of benzene rings is 1. The molecule has 1 aromatic rings. The molecular formula is C16H22O2S. The van der Waals surface area contributed by atoms with Crippen LogP contribution in [0.4, 0.5) is 0 Å². The largest absolute Gasteiger partial charge is 0.465 e. The summed E-state index contributed by atoms with van der Waals surface area (Å²) in [5.74, 6) is 1.53. The smallest absolute Gasteiger partial charge is 0.338 e. The van der Waals surface area contributed by atoms with Gasteiger partial charge in [0.05, 0.1) is 12.7 Å². The normalized spacial score (nSPS) is 23.1. The number of carbonyl (C=O) groups is 1. The molecule has 0 heterocycles. The van der Waals surface area contributed by atoms with E-state index in [2.05, 4.69) is 6.92 Å². The quantitative estimate of drug-likeness (QED) is 0.769. The van der Waals surface area contributed by atoms with Gasteiger partial charge >= 0.3 is 5.97 Å². The molecule has 0 aliphatic heterocycles. The number of carbonyl (C=O) groups excluding carboxylic acids is 1. The van der Waals surface area contributed by atoms with Crippen LogP contribution in [0.5, 0.6) is 0 Å². The Hall–Kier alpha value is -0.960. The van der Waals surface area contributed by atoms with Gasteiger partial charge in [-0.25, -0.2) is 4.79 Å². The SMILES string of the molecule is COC(=O)c1ccccc1CSC1CCCC(C)C1. The van der Waals surface area contributed by atoms with E-state index in [0.29, 0.717) is 5.56 Å². The summed E-state index contributed by atoms with van der Waals surface area (Å²) in [6.45, 7) is 2.34. The Labute approximate surface area is 119 Å². The minimum absolute atomic E-state index is 0.229. The minimum atomic E-state index is -0.229. The summed E-state index contributed by atoms with van der Waals surface area (Å²) in [6.07, 6.45) is 5.34. The summed E-state index contributed by atoms with van der Waals surface area (Å²) in [7, 11) is 1.44. The fourth-order valence-corrected chi connectivity index (χ4v) is 4.16. The molecule has 104 valence electrons. The first-order valence-corrected chi connectivity index (χ1v) is 8.03. The lowest BCUT2D eigenvalue weighted by Crippen LogP contribution is -2.15. The van der Waals surface area contributed by atoms with Crippen LogP contribution in [-0.2, 0) is 10.5 Å². The Balaban J connectivity index is 1.97. The van der Waals surface area contributed by atoms with Gasteiger partial charge in [0, 0.05) is 11.0 Å². The Kier molecular flexibility index (Phi) is 5.32. The van der Waals surface area contributed by atoms with Gasteiger partial charge in [-0.2, -0.15) is 11.8 Å². The zero-order chi connectivity index (χ0) is 13.7. The highest BCUT2D eigenvalue weighted by Gasteiger charge is 2.20. The van der Waals surface area contributed by atoms with Gasteiger partial charge in [0.15, 0.2) is 0 Å². The molecule has 1 aliphatic rings. The Morgan fingerprint density at radius 2 is 2.16 bits per heavy atom. The average molecular weight is 278 g/mol. The van der Waals surface area contributed by atoms with Crippen molar-refractivity contribution < 1.29 is 9.53 Å². The number of hydrogen-bond acceptors (Lipinski definition) is 3. The van der Waals surface area contributed by atoms with Crippen LogP contribution in [0.1, 0.15) is 48.5 Å². The van der Waals surface area contributed by atoms with Gasteiger partial charge in [0.25, 0.3) is 0 Å². The molecule has 3 heteroatoms. The van der Waals surface area contributed by atoms with Crippen molar-refractivity contribution in [2.45, 2.75) is 43.6 Å². The molecule has 1 aliphatic carbocycles. The van der Waals surface area contributed by atoms with Crippen LogP contribution < -0.4 is 0 Å². The van der Waals surface area contributed by atoms with Gasteiger partial charge < -0.3 is 4.74 Å². The van der Waals surface area contributed by atoms with Gasteiger partial charge in [-0.05, 0) is 30.4 Å². The number of thioether (sulfide) groups is 1. The van der Waals surface area contributed by atoms with Gasteiger partial charge in [0.1, 0.15) is 0 Å². The standard InChI is InChI=1S/C16H22O2S/c1-12-6-5-8-14(10-12)19-11-13-7-3-4-9-15(13)16(17)18-2/h3-4,7,9,12,14H,5-6,8,10-11H2,1-2H3. The first-order valence-electron chi connectivity index (χ1n) is 6.98. The predicted molar refractivity (Wildman–Crippen MR) is 80.5 cm³/mol. The van der Waals surface area contributed by atoms with E-state index in [1.54, 1.807) is 0 Å². The summed E-state index contributed by atoms with van der Waals surface area (Å²) < 4.78 is 4.84. The van der Waals surface area contributed by atoms with Crippen molar-refractivity contribution in [3.8, 4) is 0 Å². The molecule has 0 amide bonds. The second-order valence-corrected chi connectivity index (χ2v) is 6.64. The molecule has 0 aromatic heterocycles. The van der Waals surface area contributed by atoms with E-state index in [0.717, 1.165) is 22.5 Å². The molecule has 1 saturated carbocycles. The second kappa shape index (κ2) is 6.99. The van der Waals surface area contributed by atoms with Crippen LogP contribution in [-0.4, -0.2) is 18.3 Å². The highest BCUT2D eigenvalue weighted by molar-refractivity contribution is 7.99. The third-order valence-electron chi connectivity index (χ3n) is 3.79. The van der Waals surface area contributed by atoms with Crippen LogP contribution in [0.2, 0.25) is 0 Å². The highest BCUT2D eigenvalue weighted by Crippen LogP contribution is 2.34. The fraction of sp³-hybridized carbons (Fsp3) is 0.562. The predicted octanol–water partition coefficient (Wildman–Crippen LogP) is 4.29. The average Bonchev–Trinajstić information content (AvgIpc) is 2.45. The highest BCUT2D eigenvalue weighted by atomic mass is 32.2. The van der Waals surface area contributed by atoms with Crippen LogP contribution in [0.3, 0.4) is 0 Å². The molecule has 1 aromatic carbocycles. The van der Waals surface area contributed by atoms with Crippen molar-refractivity contribution in [3.63, 3.8) is 0 Å². The summed E-state index contributed by atoms with van der Waals surface area (Å²) in [6, 6.07) is 7.77. The van der Waals surface area contributed by atoms with E-state index in [-0.39, 0.29) is 5.97 Å². The molecule has 2 unspecified atom stereocenters. The van der Waals surface area contributed by atoms with Gasteiger partial charge in [-0.1, -0.05) is 38.0 Å². The number of esters is 1. The molecule has 0 saturated heterocycles. The van der Waals surface area contributed by atoms with Gasteiger partial charge in [-0.15, -0.1) is 0 Å².